The Morgan fingerprint density at radius 3 is 2.38 bits per heavy atom. The summed E-state index contributed by atoms with van der Waals surface area (Å²) in [5.41, 5.74) is 5.89. The summed E-state index contributed by atoms with van der Waals surface area (Å²) < 4.78 is 28.2. The zero-order chi connectivity index (χ0) is 18.9. The van der Waals surface area contributed by atoms with Crippen LogP contribution in [0.1, 0.15) is 56.3 Å². The number of amides is 1. The molecule has 1 atom stereocenters. The molecule has 1 aromatic carbocycles. The SMILES string of the molecule is CCCCC(CN)NS(=O)(=O)c1ccccc1C(=O)N(C)CCCC.Cl. The number of nitrogens with one attached hydrogen (secondary N) is 1. The molecule has 0 spiro atoms. The Balaban J connectivity index is 0.00000625. The van der Waals surface area contributed by atoms with Crippen LogP contribution in [-0.4, -0.2) is 45.4 Å². The van der Waals surface area contributed by atoms with E-state index in [2.05, 4.69) is 4.72 Å². The second-order valence-electron chi connectivity index (χ2n) is 6.27. The summed E-state index contributed by atoms with van der Waals surface area (Å²) in [6, 6.07) is 6.00. The average Bonchev–Trinajstić information content (AvgIpc) is 2.62. The summed E-state index contributed by atoms with van der Waals surface area (Å²) in [6.45, 7) is 4.91. The van der Waals surface area contributed by atoms with Crippen molar-refractivity contribution < 1.29 is 13.2 Å². The predicted molar refractivity (Wildman–Crippen MR) is 108 cm³/mol. The Labute approximate surface area is 164 Å². The van der Waals surface area contributed by atoms with Gasteiger partial charge in [0.1, 0.15) is 0 Å². The van der Waals surface area contributed by atoms with E-state index in [9.17, 15) is 13.2 Å². The van der Waals surface area contributed by atoms with E-state index in [1.807, 2.05) is 13.8 Å². The van der Waals surface area contributed by atoms with Crippen molar-refractivity contribution in [2.75, 3.05) is 20.1 Å². The number of unbranched alkanes of at least 4 members (excludes halogenated alkanes) is 2. The van der Waals surface area contributed by atoms with Crippen molar-refractivity contribution in [3.05, 3.63) is 29.8 Å². The fourth-order valence-electron chi connectivity index (χ4n) is 2.54. The van der Waals surface area contributed by atoms with E-state index in [0.717, 1.165) is 25.7 Å². The van der Waals surface area contributed by atoms with Crippen LogP contribution >= 0.6 is 12.4 Å². The molecule has 3 N–H and O–H groups in total. The first-order valence-corrected chi connectivity index (χ1v) is 10.4. The zero-order valence-electron chi connectivity index (χ0n) is 15.9. The van der Waals surface area contributed by atoms with E-state index in [-0.39, 0.29) is 41.4 Å². The molecule has 0 saturated carbocycles. The number of benzene rings is 1. The molecule has 0 aliphatic rings. The van der Waals surface area contributed by atoms with Crippen molar-refractivity contribution in [3.63, 3.8) is 0 Å². The first kappa shape index (κ1) is 24.8. The Kier molecular flexibility index (Phi) is 11.7. The molecule has 1 rings (SSSR count). The lowest BCUT2D eigenvalue weighted by molar-refractivity contribution is 0.0789. The fraction of sp³-hybridized carbons (Fsp3) is 0.611. The Hall–Kier alpha value is -1.15. The lowest BCUT2D eigenvalue weighted by Gasteiger charge is -2.21. The maximum atomic E-state index is 12.8. The minimum atomic E-state index is -3.81. The molecule has 0 bridgehead atoms. The third-order valence-corrected chi connectivity index (χ3v) is 5.69. The van der Waals surface area contributed by atoms with Crippen LogP contribution in [0.5, 0.6) is 0 Å². The number of rotatable bonds is 11. The van der Waals surface area contributed by atoms with Crippen LogP contribution in [0.2, 0.25) is 0 Å². The van der Waals surface area contributed by atoms with Crippen LogP contribution in [0.25, 0.3) is 0 Å². The number of carbonyl (C=O) groups excluding carboxylic acids is 1. The van der Waals surface area contributed by atoms with Crippen molar-refractivity contribution >= 4 is 28.3 Å². The van der Waals surface area contributed by atoms with E-state index in [0.29, 0.717) is 13.0 Å². The van der Waals surface area contributed by atoms with Gasteiger partial charge in [0, 0.05) is 26.2 Å². The summed E-state index contributed by atoms with van der Waals surface area (Å²) in [7, 11) is -2.12. The number of nitrogens with two attached hydrogens (primary N) is 1. The van der Waals surface area contributed by atoms with Gasteiger partial charge in [0.05, 0.1) is 10.5 Å². The number of carbonyl (C=O) groups is 1. The molecule has 8 heteroatoms. The standard InChI is InChI=1S/C18H31N3O3S.ClH/c1-4-6-10-15(14-19)20-25(23,24)17-12-9-8-11-16(17)18(22)21(3)13-7-5-2;/h8-9,11-12,15,20H,4-7,10,13-14,19H2,1-3H3;1H. The average molecular weight is 406 g/mol. The summed E-state index contributed by atoms with van der Waals surface area (Å²) >= 11 is 0. The maximum Gasteiger partial charge on any atom is 0.254 e. The Morgan fingerprint density at radius 2 is 1.81 bits per heavy atom. The van der Waals surface area contributed by atoms with Gasteiger partial charge in [0.2, 0.25) is 10.0 Å². The maximum absolute atomic E-state index is 12.8. The second kappa shape index (κ2) is 12.3. The molecule has 0 aromatic heterocycles. The quantitative estimate of drug-likeness (QED) is 0.592. The highest BCUT2D eigenvalue weighted by Gasteiger charge is 2.25. The molecule has 6 nitrogen and oxygen atoms in total. The molecule has 1 unspecified atom stereocenters. The summed E-state index contributed by atoms with van der Waals surface area (Å²) in [5.74, 6) is -0.285. The van der Waals surface area contributed by atoms with Crippen LogP contribution in [-0.2, 0) is 10.0 Å². The molecule has 0 fully saturated rings. The van der Waals surface area contributed by atoms with E-state index >= 15 is 0 Å². The molecular weight excluding hydrogens is 374 g/mol. The number of sulfonamides is 1. The van der Waals surface area contributed by atoms with Crippen molar-refractivity contribution in [2.45, 2.75) is 56.9 Å². The number of hydrogen-bond acceptors (Lipinski definition) is 4. The van der Waals surface area contributed by atoms with Gasteiger partial charge in [-0.2, -0.15) is 0 Å². The van der Waals surface area contributed by atoms with E-state index in [1.54, 1.807) is 30.1 Å². The lowest BCUT2D eigenvalue weighted by Crippen LogP contribution is -2.41. The normalized spacial score (nSPS) is 12.3. The molecule has 0 aliphatic heterocycles. The van der Waals surface area contributed by atoms with Crippen LogP contribution in [0, 0.1) is 0 Å². The topological polar surface area (TPSA) is 92.5 Å². The summed E-state index contributed by atoms with van der Waals surface area (Å²) in [4.78, 5) is 14.2. The van der Waals surface area contributed by atoms with Crippen LogP contribution in [0.4, 0.5) is 0 Å². The Bertz CT molecular complexity index is 653. The van der Waals surface area contributed by atoms with Gasteiger partial charge in [-0.25, -0.2) is 13.1 Å². The monoisotopic (exact) mass is 405 g/mol. The summed E-state index contributed by atoms with van der Waals surface area (Å²) in [6.07, 6.45) is 4.38. The van der Waals surface area contributed by atoms with Crippen molar-refractivity contribution in [2.24, 2.45) is 5.73 Å². The largest absolute Gasteiger partial charge is 0.342 e. The van der Waals surface area contributed by atoms with Gasteiger partial charge in [-0.3, -0.25) is 4.79 Å². The first-order chi connectivity index (χ1) is 11.9. The smallest absolute Gasteiger partial charge is 0.254 e. The first-order valence-electron chi connectivity index (χ1n) is 8.94. The van der Waals surface area contributed by atoms with Crippen molar-refractivity contribution in [3.8, 4) is 0 Å². The highest BCUT2D eigenvalue weighted by molar-refractivity contribution is 7.89. The van der Waals surface area contributed by atoms with Crippen LogP contribution in [0.3, 0.4) is 0 Å². The van der Waals surface area contributed by atoms with Gasteiger partial charge in [-0.05, 0) is 25.0 Å². The highest BCUT2D eigenvalue weighted by Crippen LogP contribution is 2.18. The molecule has 1 aromatic rings. The van der Waals surface area contributed by atoms with Crippen molar-refractivity contribution in [1.82, 2.24) is 9.62 Å². The van der Waals surface area contributed by atoms with Gasteiger partial charge in [0.15, 0.2) is 0 Å². The van der Waals surface area contributed by atoms with E-state index < -0.39 is 10.0 Å². The predicted octanol–water partition coefficient (Wildman–Crippen LogP) is 2.78. The molecule has 150 valence electrons. The third kappa shape index (κ3) is 7.23. The minimum Gasteiger partial charge on any atom is -0.342 e. The van der Waals surface area contributed by atoms with Crippen LogP contribution in [0.15, 0.2) is 29.2 Å². The fourth-order valence-corrected chi connectivity index (χ4v) is 4.02. The molecule has 0 heterocycles. The van der Waals surface area contributed by atoms with Gasteiger partial charge >= 0.3 is 0 Å². The molecule has 0 radical (unpaired) electrons. The van der Waals surface area contributed by atoms with Crippen molar-refractivity contribution in [1.29, 1.82) is 0 Å². The molecule has 26 heavy (non-hydrogen) atoms. The van der Waals surface area contributed by atoms with Gasteiger partial charge in [-0.1, -0.05) is 45.2 Å². The highest BCUT2D eigenvalue weighted by atomic mass is 35.5. The second-order valence-corrected chi connectivity index (χ2v) is 7.95. The lowest BCUT2D eigenvalue weighted by atomic mass is 10.1. The molecular formula is C18H32ClN3O3S. The molecule has 0 aliphatic carbocycles. The minimum absolute atomic E-state index is 0. The van der Waals surface area contributed by atoms with Gasteiger partial charge in [0.25, 0.3) is 5.91 Å². The van der Waals surface area contributed by atoms with Gasteiger partial charge in [-0.15, -0.1) is 12.4 Å². The third-order valence-electron chi connectivity index (χ3n) is 4.11. The zero-order valence-corrected chi connectivity index (χ0v) is 17.5. The number of halogens is 1. The Morgan fingerprint density at radius 1 is 1.19 bits per heavy atom. The summed E-state index contributed by atoms with van der Waals surface area (Å²) in [5, 5.41) is 0. The molecule has 0 saturated heterocycles. The van der Waals surface area contributed by atoms with Gasteiger partial charge < -0.3 is 10.6 Å². The molecule has 1 amide bonds. The van der Waals surface area contributed by atoms with E-state index in [4.69, 9.17) is 5.73 Å². The number of nitrogens with zero attached hydrogens (tertiary/aromatic N) is 1. The van der Waals surface area contributed by atoms with E-state index in [1.165, 1.54) is 6.07 Å². The number of hydrogen-bond donors (Lipinski definition) is 2. The van der Waals surface area contributed by atoms with Crippen LogP contribution < -0.4 is 10.5 Å².